The van der Waals surface area contributed by atoms with Gasteiger partial charge in [0.1, 0.15) is 11.6 Å². The van der Waals surface area contributed by atoms with E-state index >= 15 is 0 Å². The Labute approximate surface area is 147 Å². The highest BCUT2D eigenvalue weighted by Gasteiger charge is 2.23. The highest BCUT2D eigenvalue weighted by molar-refractivity contribution is 6.30. The zero-order valence-corrected chi connectivity index (χ0v) is 13.7. The summed E-state index contributed by atoms with van der Waals surface area (Å²) in [6.45, 7) is 0. The molecule has 1 aliphatic carbocycles. The minimum atomic E-state index is -0.582. The maximum Gasteiger partial charge on any atom is 0.276 e. The number of hydrogen-bond acceptors (Lipinski definition) is 3. The Morgan fingerprint density at radius 2 is 2.08 bits per heavy atom. The summed E-state index contributed by atoms with van der Waals surface area (Å²) in [4.78, 5) is 19.7. The lowest BCUT2D eigenvalue weighted by molar-refractivity contribution is -0.114. The third-order valence-electron chi connectivity index (χ3n) is 3.86. The normalized spacial score (nSPS) is 13.0. The molecule has 1 amide bonds. The van der Waals surface area contributed by atoms with Crippen molar-refractivity contribution in [3.8, 4) is 17.0 Å². The number of amides is 1. The van der Waals surface area contributed by atoms with Crippen molar-refractivity contribution in [1.82, 2.24) is 4.98 Å². The van der Waals surface area contributed by atoms with Crippen LogP contribution in [0.25, 0.3) is 17.3 Å². The van der Waals surface area contributed by atoms with Crippen molar-refractivity contribution >= 4 is 29.5 Å². The molecule has 0 fully saturated rings. The van der Waals surface area contributed by atoms with Gasteiger partial charge >= 0.3 is 0 Å². The number of benzene rings is 1. The molecule has 0 unspecified atom stereocenters. The molecule has 0 bridgehead atoms. The number of nitrogens with zero attached hydrogens (tertiary/aromatic N) is 2. The molecular formula is C17H14ClFN4O2. The second-order valence-corrected chi connectivity index (χ2v) is 5.96. The fraction of sp³-hybridized carbons (Fsp3) is 0.118. The molecule has 1 heterocycles. The average molecular weight is 361 g/mol. The van der Waals surface area contributed by atoms with Crippen molar-refractivity contribution in [1.29, 1.82) is 0 Å². The Bertz CT molecular complexity index is 936. The maximum absolute atomic E-state index is 14.1. The van der Waals surface area contributed by atoms with Crippen LogP contribution in [-0.4, -0.2) is 22.0 Å². The number of phenols is 1. The summed E-state index contributed by atoms with van der Waals surface area (Å²) in [6.07, 6.45) is 3.20. The zero-order valence-electron chi connectivity index (χ0n) is 13.0. The van der Waals surface area contributed by atoms with E-state index in [0.29, 0.717) is 45.8 Å². The number of carbonyl (C=O) groups excluding carboxylic acids is 1. The predicted molar refractivity (Wildman–Crippen MR) is 93.4 cm³/mol. The van der Waals surface area contributed by atoms with E-state index in [0.717, 1.165) is 6.20 Å². The van der Waals surface area contributed by atoms with E-state index in [1.807, 2.05) is 0 Å². The van der Waals surface area contributed by atoms with Crippen LogP contribution >= 0.6 is 11.6 Å². The molecule has 0 saturated carbocycles. The molecular weight excluding hydrogens is 347 g/mol. The van der Waals surface area contributed by atoms with Gasteiger partial charge in [-0.1, -0.05) is 11.6 Å². The number of aromatic nitrogens is 1. The number of fused-ring (bicyclic) bond motifs is 1. The number of carbonyl (C=O) groups is 1. The number of phenolic OH excluding ortho intramolecular Hbond substituents is 1. The molecule has 8 heteroatoms. The van der Waals surface area contributed by atoms with Crippen molar-refractivity contribution in [3.05, 3.63) is 51.9 Å². The molecule has 5 N–H and O–H groups in total. The molecule has 1 aromatic heterocycles. The summed E-state index contributed by atoms with van der Waals surface area (Å²) in [5.41, 5.74) is 12.4. The smallest absolute Gasteiger partial charge is 0.276 e. The summed E-state index contributed by atoms with van der Waals surface area (Å²) >= 11 is 5.85. The fourth-order valence-corrected chi connectivity index (χ4v) is 2.90. The number of hydrogen-bond donors (Lipinski definition) is 3. The standard InChI is InChI=1S/C17H14ClFN4O2/c18-9-2-4-11(14(24)6-9)15-12-5-8(16(25)23-17(20)21)1-3-10(12)13(19)7-22-15/h2,4-7,24H,1,3H2,(H4,20,21,23,25). The molecule has 6 nitrogen and oxygen atoms in total. The van der Waals surface area contributed by atoms with Crippen LogP contribution in [0.5, 0.6) is 5.75 Å². The van der Waals surface area contributed by atoms with E-state index in [1.165, 1.54) is 12.1 Å². The number of halogens is 2. The lowest BCUT2D eigenvalue weighted by Crippen LogP contribution is -2.25. The molecule has 1 aliphatic rings. The average Bonchev–Trinajstić information content (AvgIpc) is 2.55. The quantitative estimate of drug-likeness (QED) is 0.562. The summed E-state index contributed by atoms with van der Waals surface area (Å²) in [6, 6.07) is 4.54. The summed E-state index contributed by atoms with van der Waals surface area (Å²) < 4.78 is 14.1. The lowest BCUT2D eigenvalue weighted by Gasteiger charge is -2.18. The number of aliphatic imine (C=N–C) groups is 1. The Morgan fingerprint density at radius 3 is 2.76 bits per heavy atom. The van der Waals surface area contributed by atoms with Gasteiger partial charge in [0.05, 0.1) is 11.9 Å². The van der Waals surface area contributed by atoms with Crippen molar-refractivity contribution in [2.75, 3.05) is 0 Å². The van der Waals surface area contributed by atoms with Crippen LogP contribution in [0.1, 0.15) is 17.5 Å². The highest BCUT2D eigenvalue weighted by Crippen LogP contribution is 2.37. The third-order valence-corrected chi connectivity index (χ3v) is 4.09. The molecule has 0 aliphatic heterocycles. The van der Waals surface area contributed by atoms with Gasteiger partial charge in [0.15, 0.2) is 5.96 Å². The number of nitrogens with two attached hydrogens (primary N) is 2. The second kappa shape index (κ2) is 6.52. The van der Waals surface area contributed by atoms with Crippen molar-refractivity contribution in [2.45, 2.75) is 12.8 Å². The van der Waals surface area contributed by atoms with Crippen molar-refractivity contribution in [3.63, 3.8) is 0 Å². The summed E-state index contributed by atoms with van der Waals surface area (Å²) in [7, 11) is 0. The van der Waals surface area contributed by atoms with E-state index in [9.17, 15) is 14.3 Å². The topological polar surface area (TPSA) is 115 Å². The van der Waals surface area contributed by atoms with Gasteiger partial charge in [-0.05, 0) is 42.7 Å². The SMILES string of the molecule is NC(N)=NC(=O)C1=Cc2c(-c3ccc(Cl)cc3O)ncc(F)c2CC1. The maximum atomic E-state index is 14.1. The number of guanidine groups is 1. The van der Waals surface area contributed by atoms with Gasteiger partial charge in [0.25, 0.3) is 5.91 Å². The van der Waals surface area contributed by atoms with Crippen molar-refractivity contribution < 1.29 is 14.3 Å². The molecule has 1 aromatic carbocycles. The largest absolute Gasteiger partial charge is 0.507 e. The lowest BCUT2D eigenvalue weighted by atomic mass is 9.89. The predicted octanol–water partition coefficient (Wildman–Crippen LogP) is 2.38. The minimum Gasteiger partial charge on any atom is -0.507 e. The Morgan fingerprint density at radius 1 is 1.32 bits per heavy atom. The van der Waals surface area contributed by atoms with Gasteiger partial charge in [0, 0.05) is 21.7 Å². The molecule has 0 radical (unpaired) electrons. The Balaban J connectivity index is 2.18. The first kappa shape index (κ1) is 16.9. The first-order chi connectivity index (χ1) is 11.9. The number of aromatic hydroxyl groups is 1. The van der Waals surface area contributed by atoms with Gasteiger partial charge in [-0.15, -0.1) is 0 Å². The van der Waals surface area contributed by atoms with Crippen LogP contribution in [0, 0.1) is 5.82 Å². The number of pyridine rings is 1. The molecule has 0 atom stereocenters. The fourth-order valence-electron chi connectivity index (χ4n) is 2.73. The summed E-state index contributed by atoms with van der Waals surface area (Å²) in [5.74, 6) is -1.49. The summed E-state index contributed by atoms with van der Waals surface area (Å²) in [5, 5.41) is 10.5. The van der Waals surface area contributed by atoms with E-state index < -0.39 is 11.7 Å². The zero-order chi connectivity index (χ0) is 18.1. The van der Waals surface area contributed by atoms with Gasteiger partial charge in [-0.2, -0.15) is 4.99 Å². The van der Waals surface area contributed by atoms with Crippen molar-refractivity contribution in [2.24, 2.45) is 16.5 Å². The van der Waals surface area contributed by atoms with Gasteiger partial charge < -0.3 is 16.6 Å². The van der Waals surface area contributed by atoms with Crippen LogP contribution in [0.4, 0.5) is 4.39 Å². The van der Waals surface area contributed by atoms with Gasteiger partial charge in [-0.25, -0.2) is 4.39 Å². The monoisotopic (exact) mass is 360 g/mol. The molecule has 0 saturated heterocycles. The first-order valence-electron chi connectivity index (χ1n) is 7.37. The van der Waals surface area contributed by atoms with Crippen LogP contribution in [0.3, 0.4) is 0 Å². The van der Waals surface area contributed by atoms with Gasteiger partial charge in [0.2, 0.25) is 0 Å². The van der Waals surface area contributed by atoms with E-state index in [-0.39, 0.29) is 11.7 Å². The van der Waals surface area contributed by atoms with Crippen LogP contribution in [-0.2, 0) is 11.2 Å². The minimum absolute atomic E-state index is 0.0927. The van der Waals surface area contributed by atoms with Crippen LogP contribution < -0.4 is 11.5 Å². The Hall–Kier alpha value is -2.93. The number of rotatable bonds is 2. The Kier molecular flexibility index (Phi) is 4.41. The van der Waals surface area contributed by atoms with Gasteiger partial charge in [-0.3, -0.25) is 9.78 Å². The highest BCUT2D eigenvalue weighted by atomic mass is 35.5. The second-order valence-electron chi connectivity index (χ2n) is 5.52. The van der Waals surface area contributed by atoms with E-state index in [2.05, 4.69) is 9.98 Å². The van der Waals surface area contributed by atoms with E-state index in [1.54, 1.807) is 12.1 Å². The molecule has 0 spiro atoms. The molecule has 128 valence electrons. The molecule has 25 heavy (non-hydrogen) atoms. The molecule has 2 aromatic rings. The van der Waals surface area contributed by atoms with Crippen LogP contribution in [0.15, 0.2) is 35.0 Å². The van der Waals surface area contributed by atoms with Crippen LogP contribution in [0.2, 0.25) is 5.02 Å². The third kappa shape index (κ3) is 3.32. The van der Waals surface area contributed by atoms with E-state index in [4.69, 9.17) is 23.1 Å². The molecule has 3 rings (SSSR count). The first-order valence-corrected chi connectivity index (χ1v) is 7.75.